The molecule has 6 rings (SSSR count). The highest BCUT2D eigenvalue weighted by molar-refractivity contribution is 6.78. The molecule has 0 aliphatic carbocycles. The molecule has 3 aliphatic rings. The van der Waals surface area contributed by atoms with Crippen LogP contribution in [0.5, 0.6) is 17.2 Å². The van der Waals surface area contributed by atoms with Gasteiger partial charge in [0.15, 0.2) is 11.5 Å². The molecule has 3 aromatic carbocycles. The molecule has 0 saturated heterocycles. The van der Waals surface area contributed by atoms with Gasteiger partial charge in [0.25, 0.3) is 8.32 Å². The summed E-state index contributed by atoms with van der Waals surface area (Å²) in [7, 11) is -2.39. The highest BCUT2D eigenvalue weighted by Gasteiger charge is 2.49. The summed E-state index contributed by atoms with van der Waals surface area (Å²) in [5.41, 5.74) is 7.77. The van der Waals surface area contributed by atoms with E-state index in [2.05, 4.69) is 115 Å². The van der Waals surface area contributed by atoms with E-state index in [4.69, 9.17) is 23.6 Å². The highest BCUT2D eigenvalue weighted by atomic mass is 28.4. The Kier molecular flexibility index (Phi) is 7.74. The Morgan fingerprint density at radius 1 is 0.884 bits per heavy atom. The van der Waals surface area contributed by atoms with Gasteiger partial charge in [0.1, 0.15) is 6.61 Å². The van der Waals surface area contributed by atoms with Gasteiger partial charge in [-0.2, -0.15) is 0 Å². The third kappa shape index (κ3) is 5.20. The Hall–Kier alpha value is -3.45. The standard InChI is InChI=1S/C36H46N2O4Si/c1-23(2)43(24(3)4,25(5)6)42-34-31(35-37-36(7,8)21-39-35)29(19-30-33(34)41-22-40-30)28-16-12-15-27-17-18-38(32(27)28)20-26-13-10-9-11-14-26/h9-16,19,23-25H,17-18,20-22H2,1-8H3. The average Bonchev–Trinajstić information content (AvgIpc) is 3.69. The largest absolute Gasteiger partial charge is 0.540 e. The maximum Gasteiger partial charge on any atom is 0.258 e. The Bertz CT molecular complexity index is 1510. The SMILES string of the molecule is CC(C)[Si](Oc1c2c(cc(-c3cccc4c3N(Cc3ccccc3)CC4)c1C1=NC(C)(C)CO1)OCO2)(C(C)C)C(C)C. The van der Waals surface area contributed by atoms with Crippen molar-refractivity contribution in [2.24, 2.45) is 4.99 Å². The molecule has 0 N–H and O–H groups in total. The van der Waals surface area contributed by atoms with Gasteiger partial charge in [-0.3, -0.25) is 0 Å². The number of anilines is 1. The van der Waals surface area contributed by atoms with Crippen LogP contribution in [0.25, 0.3) is 11.1 Å². The van der Waals surface area contributed by atoms with Crippen LogP contribution in [0, 0.1) is 0 Å². The summed E-state index contributed by atoms with van der Waals surface area (Å²) in [6.07, 6.45) is 1.01. The summed E-state index contributed by atoms with van der Waals surface area (Å²) in [4.78, 5) is 7.63. The Labute approximate surface area is 258 Å². The second-order valence-corrected chi connectivity index (χ2v) is 19.1. The minimum Gasteiger partial charge on any atom is -0.540 e. The molecule has 0 amide bonds. The second-order valence-electron chi connectivity index (χ2n) is 13.8. The van der Waals surface area contributed by atoms with E-state index >= 15 is 0 Å². The third-order valence-corrected chi connectivity index (χ3v) is 15.4. The van der Waals surface area contributed by atoms with E-state index in [0.29, 0.717) is 34.9 Å². The number of hydrogen-bond acceptors (Lipinski definition) is 6. The Morgan fingerprint density at radius 3 is 2.26 bits per heavy atom. The van der Waals surface area contributed by atoms with E-state index in [0.717, 1.165) is 47.7 Å². The van der Waals surface area contributed by atoms with E-state index < -0.39 is 8.32 Å². The summed E-state index contributed by atoms with van der Waals surface area (Å²) in [5, 5.41) is 0. The summed E-state index contributed by atoms with van der Waals surface area (Å²) in [5.74, 6) is 2.74. The summed E-state index contributed by atoms with van der Waals surface area (Å²) >= 11 is 0. The quantitative estimate of drug-likeness (QED) is 0.231. The van der Waals surface area contributed by atoms with Gasteiger partial charge in [-0.05, 0) is 54.1 Å². The van der Waals surface area contributed by atoms with Gasteiger partial charge in [0.2, 0.25) is 18.4 Å². The molecule has 43 heavy (non-hydrogen) atoms. The molecule has 0 unspecified atom stereocenters. The van der Waals surface area contributed by atoms with Crippen molar-refractivity contribution >= 4 is 19.9 Å². The van der Waals surface area contributed by atoms with Crippen LogP contribution in [-0.4, -0.2) is 39.7 Å². The second kappa shape index (κ2) is 11.2. The summed E-state index contributed by atoms with van der Waals surface area (Å²) in [6.45, 7) is 20.6. The fraction of sp³-hybridized carbons (Fsp3) is 0.472. The molecule has 6 nitrogen and oxygen atoms in total. The molecule has 0 saturated carbocycles. The first-order valence-corrected chi connectivity index (χ1v) is 18.0. The molecule has 0 aromatic heterocycles. The zero-order valence-electron chi connectivity index (χ0n) is 27.0. The highest BCUT2D eigenvalue weighted by Crippen LogP contribution is 2.54. The van der Waals surface area contributed by atoms with Gasteiger partial charge < -0.3 is 23.5 Å². The average molecular weight is 599 g/mol. The number of fused-ring (bicyclic) bond motifs is 2. The molecule has 0 fully saturated rings. The van der Waals surface area contributed by atoms with Crippen molar-refractivity contribution in [1.29, 1.82) is 0 Å². The first kappa shape index (κ1) is 29.6. The fourth-order valence-electron chi connectivity index (χ4n) is 7.49. The van der Waals surface area contributed by atoms with Gasteiger partial charge in [0, 0.05) is 29.9 Å². The monoisotopic (exact) mass is 598 g/mol. The van der Waals surface area contributed by atoms with Crippen LogP contribution in [0.3, 0.4) is 0 Å². The van der Waals surface area contributed by atoms with E-state index in [1.54, 1.807) is 0 Å². The zero-order valence-corrected chi connectivity index (χ0v) is 28.0. The number of rotatable bonds is 9. The summed E-state index contributed by atoms with van der Waals surface area (Å²) in [6, 6.07) is 19.5. The summed E-state index contributed by atoms with van der Waals surface area (Å²) < 4.78 is 26.3. The van der Waals surface area contributed by atoms with Crippen LogP contribution in [0.4, 0.5) is 5.69 Å². The fourth-order valence-corrected chi connectivity index (χ4v) is 12.7. The van der Waals surface area contributed by atoms with Crippen molar-refractivity contribution in [3.63, 3.8) is 0 Å². The molecule has 228 valence electrons. The van der Waals surface area contributed by atoms with Crippen molar-refractivity contribution in [3.8, 4) is 28.4 Å². The minimum atomic E-state index is -2.39. The Morgan fingerprint density at radius 2 is 1.60 bits per heavy atom. The zero-order chi connectivity index (χ0) is 30.5. The topological polar surface area (TPSA) is 52.5 Å². The smallest absolute Gasteiger partial charge is 0.258 e. The molecule has 3 aromatic rings. The molecular formula is C36H46N2O4Si. The van der Waals surface area contributed by atoms with Crippen LogP contribution in [0.1, 0.15) is 72.1 Å². The van der Waals surface area contributed by atoms with Gasteiger partial charge in [-0.15, -0.1) is 0 Å². The number of ether oxygens (including phenoxy) is 3. The van der Waals surface area contributed by atoms with Crippen LogP contribution in [0.2, 0.25) is 16.6 Å². The van der Waals surface area contributed by atoms with Crippen molar-refractivity contribution in [1.82, 2.24) is 0 Å². The lowest BCUT2D eigenvalue weighted by Gasteiger charge is -2.42. The lowest BCUT2D eigenvalue weighted by Crippen LogP contribution is -2.51. The van der Waals surface area contributed by atoms with Gasteiger partial charge in [0.05, 0.1) is 11.1 Å². The minimum absolute atomic E-state index is 0.167. The van der Waals surface area contributed by atoms with Crippen molar-refractivity contribution in [2.75, 3.05) is 24.8 Å². The molecule has 0 bridgehead atoms. The van der Waals surface area contributed by atoms with Crippen molar-refractivity contribution in [2.45, 2.75) is 90.5 Å². The molecule has 0 spiro atoms. The van der Waals surface area contributed by atoms with E-state index in [1.165, 1.54) is 16.8 Å². The lowest BCUT2D eigenvalue weighted by molar-refractivity contribution is 0.172. The van der Waals surface area contributed by atoms with E-state index in [-0.39, 0.29) is 12.3 Å². The molecule has 3 aliphatic heterocycles. The first-order chi connectivity index (χ1) is 20.5. The van der Waals surface area contributed by atoms with Crippen molar-refractivity contribution in [3.05, 3.63) is 71.3 Å². The van der Waals surface area contributed by atoms with Gasteiger partial charge >= 0.3 is 0 Å². The predicted molar refractivity (Wildman–Crippen MR) is 177 cm³/mol. The van der Waals surface area contributed by atoms with Crippen LogP contribution < -0.4 is 18.8 Å². The van der Waals surface area contributed by atoms with Gasteiger partial charge in [-0.1, -0.05) is 90.1 Å². The molecule has 3 heterocycles. The van der Waals surface area contributed by atoms with E-state index in [1.807, 2.05) is 0 Å². The molecule has 7 heteroatoms. The number of benzene rings is 3. The van der Waals surface area contributed by atoms with Crippen LogP contribution >= 0.6 is 0 Å². The first-order valence-electron chi connectivity index (χ1n) is 15.8. The number of para-hydroxylation sites is 1. The maximum atomic E-state index is 7.50. The predicted octanol–water partition coefficient (Wildman–Crippen LogP) is 8.75. The van der Waals surface area contributed by atoms with E-state index in [9.17, 15) is 0 Å². The lowest BCUT2D eigenvalue weighted by atomic mass is 9.94. The van der Waals surface area contributed by atoms with Gasteiger partial charge in [-0.25, -0.2) is 4.99 Å². The van der Waals surface area contributed by atoms with Crippen molar-refractivity contribution < 1.29 is 18.6 Å². The molecule has 0 atom stereocenters. The number of nitrogens with zero attached hydrogens (tertiary/aromatic N) is 2. The van der Waals surface area contributed by atoms with Crippen LogP contribution in [-0.2, 0) is 17.7 Å². The maximum absolute atomic E-state index is 7.50. The van der Waals surface area contributed by atoms with Crippen LogP contribution in [0.15, 0.2) is 59.6 Å². The molecular weight excluding hydrogens is 552 g/mol. The Balaban J connectivity index is 1.60. The molecule has 0 radical (unpaired) electrons. The number of hydrogen-bond donors (Lipinski definition) is 0. The normalized spacial score (nSPS) is 17.1. The number of aliphatic imine (C=N–C) groups is 1. The third-order valence-electron chi connectivity index (χ3n) is 9.38.